The zero-order valence-electron chi connectivity index (χ0n) is 16.0. The fraction of sp³-hybridized carbons (Fsp3) is 0.318. The molecule has 1 heterocycles. The molecule has 0 aromatic heterocycles. The van der Waals surface area contributed by atoms with Crippen molar-refractivity contribution in [3.63, 3.8) is 0 Å². The fourth-order valence-corrected chi connectivity index (χ4v) is 3.52. The van der Waals surface area contributed by atoms with Gasteiger partial charge in [-0.3, -0.25) is 14.9 Å². The van der Waals surface area contributed by atoms with Crippen LogP contribution in [0.3, 0.4) is 0 Å². The molecule has 0 unspecified atom stereocenters. The maximum atomic E-state index is 12.8. The SMILES string of the molecule is Cc1cccc(C(=O)NC(=S)Nc2cccc(C(=O)N3CCCCCC3)c2)c1. The van der Waals surface area contributed by atoms with E-state index < -0.39 is 0 Å². The van der Waals surface area contributed by atoms with Gasteiger partial charge in [0.1, 0.15) is 0 Å². The molecule has 0 bridgehead atoms. The van der Waals surface area contributed by atoms with E-state index in [1.54, 1.807) is 18.2 Å². The molecule has 2 amide bonds. The number of amides is 2. The zero-order chi connectivity index (χ0) is 19.9. The van der Waals surface area contributed by atoms with E-state index in [0.29, 0.717) is 16.8 Å². The van der Waals surface area contributed by atoms with Crippen molar-refractivity contribution < 1.29 is 9.59 Å². The predicted molar refractivity (Wildman–Crippen MR) is 116 cm³/mol. The summed E-state index contributed by atoms with van der Waals surface area (Å²) in [5.74, 6) is -0.224. The first-order valence-corrected chi connectivity index (χ1v) is 10.0. The van der Waals surface area contributed by atoms with Crippen molar-refractivity contribution in [1.82, 2.24) is 10.2 Å². The average Bonchev–Trinajstić information content (AvgIpc) is 2.97. The molecule has 0 aliphatic carbocycles. The Morgan fingerprint density at radius 3 is 2.32 bits per heavy atom. The molecule has 1 fully saturated rings. The summed E-state index contributed by atoms with van der Waals surface area (Å²) in [6.07, 6.45) is 4.47. The van der Waals surface area contributed by atoms with E-state index in [1.807, 2.05) is 42.2 Å². The molecule has 0 saturated carbocycles. The lowest BCUT2D eigenvalue weighted by Crippen LogP contribution is -2.34. The molecular formula is C22H25N3O2S. The molecule has 2 N–H and O–H groups in total. The Hall–Kier alpha value is -2.73. The lowest BCUT2D eigenvalue weighted by molar-refractivity contribution is 0.0761. The lowest BCUT2D eigenvalue weighted by atomic mass is 10.1. The van der Waals surface area contributed by atoms with Gasteiger partial charge in [0.2, 0.25) is 0 Å². The van der Waals surface area contributed by atoms with Crippen molar-refractivity contribution in [3.8, 4) is 0 Å². The Labute approximate surface area is 171 Å². The van der Waals surface area contributed by atoms with Gasteiger partial charge in [0, 0.05) is 29.9 Å². The summed E-state index contributed by atoms with van der Waals surface area (Å²) < 4.78 is 0. The summed E-state index contributed by atoms with van der Waals surface area (Å²) >= 11 is 5.26. The Morgan fingerprint density at radius 2 is 1.61 bits per heavy atom. The summed E-state index contributed by atoms with van der Waals surface area (Å²) in [5, 5.41) is 5.87. The van der Waals surface area contributed by atoms with Gasteiger partial charge in [-0.1, -0.05) is 36.6 Å². The molecule has 1 aliphatic rings. The second-order valence-corrected chi connectivity index (χ2v) is 7.47. The Morgan fingerprint density at radius 1 is 0.929 bits per heavy atom. The molecule has 3 rings (SSSR count). The van der Waals surface area contributed by atoms with Crippen LogP contribution in [-0.4, -0.2) is 34.9 Å². The number of benzene rings is 2. The van der Waals surface area contributed by atoms with Crippen LogP contribution in [0.4, 0.5) is 5.69 Å². The number of thiocarbonyl (C=S) groups is 1. The average molecular weight is 396 g/mol. The quantitative estimate of drug-likeness (QED) is 0.767. The monoisotopic (exact) mass is 395 g/mol. The van der Waals surface area contributed by atoms with E-state index in [0.717, 1.165) is 31.5 Å². The van der Waals surface area contributed by atoms with Gasteiger partial charge < -0.3 is 10.2 Å². The van der Waals surface area contributed by atoms with E-state index in [2.05, 4.69) is 10.6 Å². The lowest BCUT2D eigenvalue weighted by Gasteiger charge is -2.20. The molecule has 146 valence electrons. The second-order valence-electron chi connectivity index (χ2n) is 7.06. The van der Waals surface area contributed by atoms with Crippen LogP contribution in [0.25, 0.3) is 0 Å². The fourth-order valence-electron chi connectivity index (χ4n) is 3.31. The normalized spacial score (nSPS) is 14.1. The largest absolute Gasteiger partial charge is 0.339 e. The third kappa shape index (κ3) is 5.39. The Kier molecular flexibility index (Phi) is 6.76. The van der Waals surface area contributed by atoms with Crippen LogP contribution in [0.1, 0.15) is 52.0 Å². The molecule has 28 heavy (non-hydrogen) atoms. The van der Waals surface area contributed by atoms with Crippen molar-refractivity contribution in [2.75, 3.05) is 18.4 Å². The number of likely N-dealkylation sites (tertiary alicyclic amines) is 1. The predicted octanol–water partition coefficient (Wildman–Crippen LogP) is 4.14. The van der Waals surface area contributed by atoms with Gasteiger partial charge in [-0.2, -0.15) is 0 Å². The second kappa shape index (κ2) is 9.46. The molecule has 1 saturated heterocycles. The van der Waals surface area contributed by atoms with Gasteiger partial charge in [0.25, 0.3) is 11.8 Å². The van der Waals surface area contributed by atoms with Crippen LogP contribution in [0.5, 0.6) is 0 Å². The van der Waals surface area contributed by atoms with Gasteiger partial charge in [-0.15, -0.1) is 0 Å². The van der Waals surface area contributed by atoms with Crippen molar-refractivity contribution in [1.29, 1.82) is 0 Å². The molecule has 6 heteroatoms. The summed E-state index contributed by atoms with van der Waals surface area (Å²) in [6, 6.07) is 14.5. The van der Waals surface area contributed by atoms with E-state index in [-0.39, 0.29) is 16.9 Å². The minimum atomic E-state index is -0.266. The van der Waals surface area contributed by atoms with E-state index in [4.69, 9.17) is 12.2 Å². The third-order valence-electron chi connectivity index (χ3n) is 4.77. The summed E-state index contributed by atoms with van der Waals surface area (Å²) in [7, 11) is 0. The van der Waals surface area contributed by atoms with E-state index >= 15 is 0 Å². The van der Waals surface area contributed by atoms with Gasteiger partial charge in [-0.05, 0) is 62.3 Å². The highest BCUT2D eigenvalue weighted by atomic mass is 32.1. The maximum absolute atomic E-state index is 12.8. The summed E-state index contributed by atoms with van der Waals surface area (Å²) in [4.78, 5) is 27.0. The first-order valence-electron chi connectivity index (χ1n) is 9.61. The Balaban J connectivity index is 1.62. The Bertz CT molecular complexity index is 874. The van der Waals surface area contributed by atoms with Crippen LogP contribution in [0.15, 0.2) is 48.5 Å². The standard InChI is InChI=1S/C22H25N3O2S/c1-16-8-6-9-17(14-16)20(26)24-22(28)23-19-11-7-10-18(15-19)21(27)25-12-4-2-3-5-13-25/h6-11,14-15H,2-5,12-13H2,1H3,(H2,23,24,26,28). The first kappa shape index (κ1) is 20.0. The van der Waals surface area contributed by atoms with Crippen LogP contribution in [-0.2, 0) is 0 Å². The molecule has 5 nitrogen and oxygen atoms in total. The number of rotatable bonds is 3. The molecule has 2 aromatic carbocycles. The third-order valence-corrected chi connectivity index (χ3v) is 4.97. The first-order chi connectivity index (χ1) is 13.5. The number of carbonyl (C=O) groups excluding carboxylic acids is 2. The molecule has 1 aliphatic heterocycles. The molecule has 0 spiro atoms. The van der Waals surface area contributed by atoms with E-state index in [1.165, 1.54) is 12.8 Å². The highest BCUT2D eigenvalue weighted by Gasteiger charge is 2.17. The minimum Gasteiger partial charge on any atom is -0.339 e. The van der Waals surface area contributed by atoms with Crippen LogP contribution in [0.2, 0.25) is 0 Å². The number of nitrogens with zero attached hydrogens (tertiary/aromatic N) is 1. The van der Waals surface area contributed by atoms with Gasteiger partial charge in [0.15, 0.2) is 5.11 Å². The van der Waals surface area contributed by atoms with Gasteiger partial charge >= 0.3 is 0 Å². The molecule has 0 radical (unpaired) electrons. The van der Waals surface area contributed by atoms with Crippen molar-refractivity contribution in [2.45, 2.75) is 32.6 Å². The summed E-state index contributed by atoms with van der Waals surface area (Å²) in [6.45, 7) is 3.54. The van der Waals surface area contributed by atoms with Gasteiger partial charge in [0.05, 0.1) is 0 Å². The smallest absolute Gasteiger partial charge is 0.257 e. The number of hydrogen-bond acceptors (Lipinski definition) is 3. The van der Waals surface area contributed by atoms with E-state index in [9.17, 15) is 9.59 Å². The highest BCUT2D eigenvalue weighted by molar-refractivity contribution is 7.80. The summed E-state index contributed by atoms with van der Waals surface area (Å²) in [5.41, 5.74) is 2.86. The molecule has 0 atom stereocenters. The van der Waals surface area contributed by atoms with Crippen molar-refractivity contribution in [2.24, 2.45) is 0 Å². The van der Waals surface area contributed by atoms with Crippen LogP contribution >= 0.6 is 12.2 Å². The number of nitrogens with one attached hydrogen (secondary N) is 2. The van der Waals surface area contributed by atoms with Crippen LogP contribution in [0, 0.1) is 6.92 Å². The van der Waals surface area contributed by atoms with Crippen molar-refractivity contribution in [3.05, 3.63) is 65.2 Å². The van der Waals surface area contributed by atoms with Gasteiger partial charge in [-0.25, -0.2) is 0 Å². The van der Waals surface area contributed by atoms with Crippen LogP contribution < -0.4 is 10.6 Å². The zero-order valence-corrected chi connectivity index (χ0v) is 16.8. The number of carbonyl (C=O) groups is 2. The van der Waals surface area contributed by atoms with Crippen molar-refractivity contribution >= 4 is 34.8 Å². The topological polar surface area (TPSA) is 61.4 Å². The molecular weight excluding hydrogens is 370 g/mol. The number of aryl methyl sites for hydroxylation is 1. The minimum absolute atomic E-state index is 0.0419. The number of hydrogen-bond donors (Lipinski definition) is 2. The molecule has 2 aromatic rings. The highest BCUT2D eigenvalue weighted by Crippen LogP contribution is 2.16. The maximum Gasteiger partial charge on any atom is 0.257 e. The number of anilines is 1.